The summed E-state index contributed by atoms with van der Waals surface area (Å²) >= 11 is 0. The minimum absolute atomic E-state index is 0.0697. The third-order valence-corrected chi connectivity index (χ3v) is 3.24. The Balaban J connectivity index is 2.47. The zero-order valence-corrected chi connectivity index (χ0v) is 12.7. The Bertz CT molecular complexity index is 495. The zero-order valence-electron chi connectivity index (χ0n) is 12.7. The van der Waals surface area contributed by atoms with Crippen molar-refractivity contribution in [2.45, 2.75) is 32.7 Å². The summed E-state index contributed by atoms with van der Waals surface area (Å²) in [6.45, 7) is 5.75. The molecule has 1 aromatic rings. The Morgan fingerprint density at radius 2 is 2.19 bits per heavy atom. The Morgan fingerprint density at radius 3 is 2.81 bits per heavy atom. The van der Waals surface area contributed by atoms with E-state index in [2.05, 4.69) is 24.1 Å². The summed E-state index contributed by atoms with van der Waals surface area (Å²) in [5, 5.41) is 20.5. The number of rotatable bonds is 8. The predicted molar refractivity (Wildman–Crippen MR) is 82.8 cm³/mol. The summed E-state index contributed by atoms with van der Waals surface area (Å²) in [5.74, 6) is -0.0697. The van der Waals surface area contributed by atoms with E-state index in [0.717, 1.165) is 6.54 Å². The van der Waals surface area contributed by atoms with Crippen LogP contribution in [0.2, 0.25) is 0 Å². The van der Waals surface area contributed by atoms with Gasteiger partial charge in [-0.1, -0.05) is 6.07 Å². The quantitative estimate of drug-likeness (QED) is 0.767. The molecule has 0 heterocycles. The van der Waals surface area contributed by atoms with Crippen LogP contribution >= 0.6 is 0 Å². The van der Waals surface area contributed by atoms with Gasteiger partial charge >= 0.3 is 0 Å². The van der Waals surface area contributed by atoms with Gasteiger partial charge in [-0.2, -0.15) is 5.26 Å². The van der Waals surface area contributed by atoms with Crippen molar-refractivity contribution in [2.24, 2.45) is 0 Å². The van der Waals surface area contributed by atoms with Crippen LogP contribution < -0.4 is 5.32 Å². The van der Waals surface area contributed by atoms with Crippen LogP contribution in [0.1, 0.15) is 32.3 Å². The molecule has 1 rings (SSSR count). The van der Waals surface area contributed by atoms with Crippen molar-refractivity contribution in [2.75, 3.05) is 25.0 Å². The molecule has 1 aromatic carbocycles. The molecule has 5 nitrogen and oxygen atoms in total. The predicted octanol–water partition coefficient (Wildman–Crippen LogP) is 1.98. The number of amides is 1. The molecule has 0 saturated carbocycles. The van der Waals surface area contributed by atoms with Gasteiger partial charge < -0.3 is 15.3 Å². The van der Waals surface area contributed by atoms with E-state index in [9.17, 15) is 4.79 Å². The van der Waals surface area contributed by atoms with Crippen LogP contribution in [0.25, 0.3) is 0 Å². The maximum Gasteiger partial charge on any atom is 0.225 e. The number of nitrogens with one attached hydrogen (secondary N) is 1. The first-order valence-corrected chi connectivity index (χ1v) is 7.21. The number of nitriles is 1. The largest absolute Gasteiger partial charge is 0.396 e. The molecule has 0 saturated heterocycles. The SMILES string of the molecule is CC(C)N(CCCO)CCC(=O)Nc1cccc(C#N)c1. The maximum absolute atomic E-state index is 11.9. The number of benzene rings is 1. The lowest BCUT2D eigenvalue weighted by atomic mass is 10.2. The Kier molecular flexibility index (Phi) is 7.44. The Hall–Kier alpha value is -1.90. The van der Waals surface area contributed by atoms with E-state index in [0.29, 0.717) is 36.7 Å². The number of anilines is 1. The highest BCUT2D eigenvalue weighted by Crippen LogP contribution is 2.10. The van der Waals surface area contributed by atoms with E-state index in [1.165, 1.54) is 0 Å². The summed E-state index contributed by atoms with van der Waals surface area (Å²) in [6, 6.07) is 9.26. The molecular weight excluding hydrogens is 266 g/mol. The molecule has 114 valence electrons. The lowest BCUT2D eigenvalue weighted by Crippen LogP contribution is -2.35. The number of hydrogen-bond donors (Lipinski definition) is 2. The molecule has 0 fully saturated rings. The van der Waals surface area contributed by atoms with Crippen molar-refractivity contribution in [3.05, 3.63) is 29.8 Å². The summed E-state index contributed by atoms with van der Waals surface area (Å²) in [7, 11) is 0. The van der Waals surface area contributed by atoms with Crippen molar-refractivity contribution < 1.29 is 9.90 Å². The van der Waals surface area contributed by atoms with Gasteiger partial charge in [-0.25, -0.2) is 0 Å². The van der Waals surface area contributed by atoms with Crippen LogP contribution in [-0.4, -0.2) is 41.7 Å². The number of carbonyl (C=O) groups is 1. The van der Waals surface area contributed by atoms with Crippen LogP contribution in [0.15, 0.2) is 24.3 Å². The fourth-order valence-electron chi connectivity index (χ4n) is 2.04. The molecule has 0 radical (unpaired) electrons. The molecule has 0 unspecified atom stereocenters. The fraction of sp³-hybridized carbons (Fsp3) is 0.500. The van der Waals surface area contributed by atoms with Crippen molar-refractivity contribution >= 4 is 11.6 Å². The first-order chi connectivity index (χ1) is 10.1. The lowest BCUT2D eigenvalue weighted by molar-refractivity contribution is -0.116. The maximum atomic E-state index is 11.9. The summed E-state index contributed by atoms with van der Waals surface area (Å²) in [4.78, 5) is 14.1. The van der Waals surface area contributed by atoms with Crippen molar-refractivity contribution in [3.8, 4) is 6.07 Å². The van der Waals surface area contributed by atoms with Gasteiger partial charge in [0, 0.05) is 37.8 Å². The molecule has 2 N–H and O–H groups in total. The first-order valence-electron chi connectivity index (χ1n) is 7.21. The van der Waals surface area contributed by atoms with E-state index < -0.39 is 0 Å². The van der Waals surface area contributed by atoms with Gasteiger partial charge in [-0.15, -0.1) is 0 Å². The second kappa shape index (κ2) is 9.11. The third kappa shape index (κ3) is 6.39. The van der Waals surface area contributed by atoms with Crippen LogP contribution in [0, 0.1) is 11.3 Å². The molecule has 0 aromatic heterocycles. The van der Waals surface area contributed by atoms with E-state index in [1.54, 1.807) is 24.3 Å². The molecule has 21 heavy (non-hydrogen) atoms. The van der Waals surface area contributed by atoms with Gasteiger partial charge in [0.25, 0.3) is 0 Å². The van der Waals surface area contributed by atoms with Crippen LogP contribution in [-0.2, 0) is 4.79 Å². The van der Waals surface area contributed by atoms with Crippen LogP contribution in [0.4, 0.5) is 5.69 Å². The molecule has 0 aliphatic carbocycles. The van der Waals surface area contributed by atoms with Crippen molar-refractivity contribution in [3.63, 3.8) is 0 Å². The molecule has 5 heteroatoms. The Morgan fingerprint density at radius 1 is 1.43 bits per heavy atom. The average Bonchev–Trinajstić information content (AvgIpc) is 2.47. The van der Waals surface area contributed by atoms with E-state index in [-0.39, 0.29) is 12.5 Å². The van der Waals surface area contributed by atoms with Gasteiger partial charge in [0.15, 0.2) is 0 Å². The minimum atomic E-state index is -0.0697. The molecule has 0 atom stereocenters. The first kappa shape index (κ1) is 17.2. The topological polar surface area (TPSA) is 76.4 Å². The smallest absolute Gasteiger partial charge is 0.225 e. The molecule has 0 aliphatic rings. The van der Waals surface area contributed by atoms with Crippen molar-refractivity contribution in [1.29, 1.82) is 5.26 Å². The second-order valence-corrected chi connectivity index (χ2v) is 5.20. The van der Waals surface area contributed by atoms with Gasteiger partial charge in [0.05, 0.1) is 11.6 Å². The van der Waals surface area contributed by atoms with E-state index in [1.807, 2.05) is 6.07 Å². The fourth-order valence-corrected chi connectivity index (χ4v) is 2.04. The highest BCUT2D eigenvalue weighted by atomic mass is 16.3. The van der Waals surface area contributed by atoms with E-state index in [4.69, 9.17) is 10.4 Å². The Labute approximate surface area is 126 Å². The molecule has 1 amide bonds. The zero-order chi connectivity index (χ0) is 15.7. The van der Waals surface area contributed by atoms with Gasteiger partial charge in [-0.05, 0) is 38.5 Å². The second-order valence-electron chi connectivity index (χ2n) is 5.20. The highest BCUT2D eigenvalue weighted by Gasteiger charge is 2.11. The normalized spacial score (nSPS) is 10.7. The monoisotopic (exact) mass is 289 g/mol. The lowest BCUT2D eigenvalue weighted by Gasteiger charge is -2.25. The minimum Gasteiger partial charge on any atom is -0.396 e. The summed E-state index contributed by atoms with van der Waals surface area (Å²) in [6.07, 6.45) is 1.10. The number of hydrogen-bond acceptors (Lipinski definition) is 4. The van der Waals surface area contributed by atoms with Gasteiger partial charge in [0.2, 0.25) is 5.91 Å². The van der Waals surface area contributed by atoms with Gasteiger partial charge in [0.1, 0.15) is 0 Å². The summed E-state index contributed by atoms with van der Waals surface area (Å²) in [5.41, 5.74) is 1.17. The van der Waals surface area contributed by atoms with E-state index >= 15 is 0 Å². The van der Waals surface area contributed by atoms with Crippen molar-refractivity contribution in [1.82, 2.24) is 4.90 Å². The molecular formula is C16H23N3O2. The standard InChI is InChI=1S/C16H23N3O2/c1-13(2)19(8-4-10-20)9-7-16(21)18-15-6-3-5-14(11-15)12-17/h3,5-6,11,13,20H,4,7-10H2,1-2H3,(H,18,21). The molecule has 0 aliphatic heterocycles. The number of carbonyl (C=O) groups excluding carboxylic acids is 1. The highest BCUT2D eigenvalue weighted by molar-refractivity contribution is 5.90. The molecule has 0 bridgehead atoms. The number of aliphatic hydroxyl groups excluding tert-OH is 1. The average molecular weight is 289 g/mol. The van der Waals surface area contributed by atoms with Crippen LogP contribution in [0.3, 0.4) is 0 Å². The van der Waals surface area contributed by atoms with Crippen LogP contribution in [0.5, 0.6) is 0 Å². The number of aliphatic hydroxyl groups is 1. The third-order valence-electron chi connectivity index (χ3n) is 3.24. The molecule has 0 spiro atoms. The summed E-state index contributed by atoms with van der Waals surface area (Å²) < 4.78 is 0. The van der Waals surface area contributed by atoms with Gasteiger partial charge in [-0.3, -0.25) is 4.79 Å². The number of nitrogens with zero attached hydrogens (tertiary/aromatic N) is 2.